The fourth-order valence-corrected chi connectivity index (χ4v) is 2.80. The summed E-state index contributed by atoms with van der Waals surface area (Å²) in [7, 11) is 0. The molecule has 1 heterocycles. The molecular formula is C17H14F5N5O2. The first-order chi connectivity index (χ1) is 13.6. The van der Waals surface area contributed by atoms with Crippen LogP contribution in [0, 0.1) is 0 Å². The topological polar surface area (TPSA) is 110 Å². The van der Waals surface area contributed by atoms with Gasteiger partial charge in [-0.05, 0) is 30.5 Å². The molecule has 0 aliphatic heterocycles. The zero-order valence-corrected chi connectivity index (χ0v) is 14.6. The third-order valence-electron chi connectivity index (χ3n) is 4.44. The SMILES string of the molecule is NNC(=O)c1cnc(NC2(c3cccc(C(F)(F)F)c3)CC2)nc1C(=O)C(F)F. The highest BCUT2D eigenvalue weighted by Crippen LogP contribution is 2.48. The molecule has 4 N–H and O–H groups in total. The van der Waals surface area contributed by atoms with Crippen LogP contribution in [0.15, 0.2) is 30.5 Å². The number of aromatic nitrogens is 2. The summed E-state index contributed by atoms with van der Waals surface area (Å²) in [6.07, 6.45) is -6.26. The van der Waals surface area contributed by atoms with Crippen molar-refractivity contribution in [3.63, 3.8) is 0 Å². The molecule has 29 heavy (non-hydrogen) atoms. The van der Waals surface area contributed by atoms with Crippen molar-refractivity contribution in [2.75, 3.05) is 5.32 Å². The van der Waals surface area contributed by atoms with Crippen LogP contribution >= 0.6 is 0 Å². The van der Waals surface area contributed by atoms with E-state index in [4.69, 9.17) is 5.84 Å². The largest absolute Gasteiger partial charge is 0.416 e. The molecule has 0 atom stereocenters. The molecule has 3 rings (SSSR count). The molecule has 154 valence electrons. The van der Waals surface area contributed by atoms with Crippen LogP contribution in [0.5, 0.6) is 0 Å². The number of hydrazine groups is 1. The minimum absolute atomic E-state index is 0.280. The molecule has 0 radical (unpaired) electrons. The maximum absolute atomic E-state index is 13.0. The average Bonchev–Trinajstić information content (AvgIpc) is 3.46. The number of hydrogen-bond donors (Lipinski definition) is 3. The van der Waals surface area contributed by atoms with Crippen molar-refractivity contribution in [2.24, 2.45) is 5.84 Å². The predicted octanol–water partition coefficient (Wildman–Crippen LogP) is 2.65. The molecule has 1 saturated carbocycles. The van der Waals surface area contributed by atoms with Gasteiger partial charge in [0.15, 0.2) is 0 Å². The van der Waals surface area contributed by atoms with Gasteiger partial charge in [0, 0.05) is 6.20 Å². The molecule has 0 bridgehead atoms. The van der Waals surface area contributed by atoms with Gasteiger partial charge in [-0.1, -0.05) is 12.1 Å². The number of anilines is 1. The van der Waals surface area contributed by atoms with E-state index in [2.05, 4.69) is 15.3 Å². The molecular weight excluding hydrogens is 401 g/mol. The Kier molecular flexibility index (Phi) is 5.22. The highest BCUT2D eigenvalue weighted by Gasteiger charge is 2.46. The second-order valence-electron chi connectivity index (χ2n) is 6.38. The van der Waals surface area contributed by atoms with Crippen molar-refractivity contribution in [3.05, 3.63) is 52.8 Å². The van der Waals surface area contributed by atoms with E-state index in [9.17, 15) is 31.5 Å². The molecule has 0 spiro atoms. The van der Waals surface area contributed by atoms with Crippen LogP contribution in [0.3, 0.4) is 0 Å². The number of carbonyl (C=O) groups excluding carboxylic acids is 2. The van der Waals surface area contributed by atoms with Crippen molar-refractivity contribution in [1.82, 2.24) is 15.4 Å². The number of Topliss-reactive ketones (excluding diaryl/α,β-unsaturated/α-hetero) is 1. The summed E-state index contributed by atoms with van der Waals surface area (Å²) in [6, 6.07) is 4.63. The minimum Gasteiger partial charge on any atom is -0.345 e. The van der Waals surface area contributed by atoms with Gasteiger partial charge in [-0.15, -0.1) is 0 Å². The molecule has 1 aromatic heterocycles. The number of carbonyl (C=O) groups is 2. The van der Waals surface area contributed by atoms with Gasteiger partial charge in [0.25, 0.3) is 5.91 Å². The molecule has 2 aromatic rings. The van der Waals surface area contributed by atoms with Crippen LogP contribution < -0.4 is 16.6 Å². The normalized spacial score (nSPS) is 15.1. The Morgan fingerprint density at radius 2 is 1.90 bits per heavy atom. The average molecular weight is 415 g/mol. The lowest BCUT2D eigenvalue weighted by Gasteiger charge is -2.20. The van der Waals surface area contributed by atoms with Crippen molar-refractivity contribution in [1.29, 1.82) is 0 Å². The van der Waals surface area contributed by atoms with Crippen LogP contribution in [0.4, 0.5) is 27.9 Å². The molecule has 12 heteroatoms. The summed E-state index contributed by atoms with van der Waals surface area (Å²) in [4.78, 5) is 30.9. The maximum Gasteiger partial charge on any atom is 0.416 e. The second kappa shape index (κ2) is 7.35. The summed E-state index contributed by atoms with van der Waals surface area (Å²) in [6.45, 7) is 0. The summed E-state index contributed by atoms with van der Waals surface area (Å²) in [5, 5.41) is 2.79. The number of benzene rings is 1. The monoisotopic (exact) mass is 415 g/mol. The molecule has 1 fully saturated rings. The number of nitrogens with zero attached hydrogens (tertiary/aromatic N) is 2. The minimum atomic E-state index is -4.53. The van der Waals surface area contributed by atoms with Crippen LogP contribution in [0.1, 0.15) is 44.8 Å². The molecule has 1 amide bonds. The first-order valence-corrected chi connectivity index (χ1v) is 8.24. The number of nitrogen functional groups attached to an aromatic ring is 1. The standard InChI is InChI=1S/C17H14F5N5O2/c18-13(19)12(28)11-10(14(29)27-23)7-24-15(25-11)26-16(4-5-16)8-2-1-3-9(6-8)17(20,21)22/h1-3,6-7,13H,4-5,23H2,(H,27,29)(H,24,25,26). The van der Waals surface area contributed by atoms with Gasteiger partial charge in [0.2, 0.25) is 11.7 Å². The van der Waals surface area contributed by atoms with Crippen molar-refractivity contribution >= 4 is 17.6 Å². The second-order valence-corrected chi connectivity index (χ2v) is 6.38. The number of ketones is 1. The first kappa shape index (κ1) is 20.6. The Hall–Kier alpha value is -3.15. The highest BCUT2D eigenvalue weighted by atomic mass is 19.4. The summed E-state index contributed by atoms with van der Waals surface area (Å²) in [5.41, 5.74) is -1.17. The maximum atomic E-state index is 13.0. The molecule has 1 aliphatic carbocycles. The Morgan fingerprint density at radius 1 is 1.21 bits per heavy atom. The van der Waals surface area contributed by atoms with E-state index in [1.54, 1.807) is 5.43 Å². The van der Waals surface area contributed by atoms with E-state index >= 15 is 0 Å². The van der Waals surface area contributed by atoms with E-state index in [-0.39, 0.29) is 5.95 Å². The van der Waals surface area contributed by atoms with Crippen LogP contribution in [-0.4, -0.2) is 28.1 Å². The molecule has 1 aliphatic rings. The molecule has 1 aromatic carbocycles. The van der Waals surface area contributed by atoms with Gasteiger partial charge >= 0.3 is 12.6 Å². The quantitative estimate of drug-likeness (QED) is 0.220. The lowest BCUT2D eigenvalue weighted by Crippen LogP contribution is -2.33. The number of rotatable bonds is 6. The van der Waals surface area contributed by atoms with Crippen molar-refractivity contribution in [3.8, 4) is 0 Å². The molecule has 0 saturated heterocycles. The van der Waals surface area contributed by atoms with Gasteiger partial charge in [0.05, 0.1) is 16.7 Å². The van der Waals surface area contributed by atoms with Crippen molar-refractivity contribution < 1.29 is 31.5 Å². The number of hydrogen-bond acceptors (Lipinski definition) is 6. The number of halogens is 5. The van der Waals surface area contributed by atoms with E-state index in [1.807, 2.05) is 0 Å². The zero-order chi connectivity index (χ0) is 21.4. The number of nitrogens with two attached hydrogens (primary N) is 1. The Labute approximate surface area is 160 Å². The third kappa shape index (κ3) is 4.16. The smallest absolute Gasteiger partial charge is 0.345 e. The van der Waals surface area contributed by atoms with Gasteiger partial charge < -0.3 is 5.32 Å². The molecule has 7 nitrogen and oxygen atoms in total. The van der Waals surface area contributed by atoms with E-state index in [0.717, 1.165) is 18.3 Å². The summed E-state index contributed by atoms with van der Waals surface area (Å²) >= 11 is 0. The van der Waals surface area contributed by atoms with Gasteiger partial charge in [-0.25, -0.2) is 24.6 Å². The van der Waals surface area contributed by atoms with Crippen LogP contribution in [0.2, 0.25) is 0 Å². The first-order valence-electron chi connectivity index (χ1n) is 8.24. The molecule has 0 unspecified atom stereocenters. The third-order valence-corrected chi connectivity index (χ3v) is 4.44. The fraction of sp³-hybridized carbons (Fsp3) is 0.294. The Morgan fingerprint density at radius 3 is 2.45 bits per heavy atom. The zero-order valence-electron chi connectivity index (χ0n) is 14.6. The Bertz CT molecular complexity index is 959. The van der Waals surface area contributed by atoms with Gasteiger partial charge in [0.1, 0.15) is 5.69 Å². The highest BCUT2D eigenvalue weighted by molar-refractivity contribution is 6.07. The fourth-order valence-electron chi connectivity index (χ4n) is 2.80. The Balaban J connectivity index is 1.95. The van der Waals surface area contributed by atoms with E-state index < -0.39 is 46.7 Å². The van der Waals surface area contributed by atoms with Crippen LogP contribution in [0.25, 0.3) is 0 Å². The summed E-state index contributed by atoms with van der Waals surface area (Å²) in [5.74, 6) is 1.93. The van der Waals surface area contributed by atoms with Crippen molar-refractivity contribution in [2.45, 2.75) is 31.0 Å². The van der Waals surface area contributed by atoms with Gasteiger partial charge in [-0.3, -0.25) is 15.0 Å². The number of amides is 1. The van der Waals surface area contributed by atoms with E-state index in [0.29, 0.717) is 18.4 Å². The van der Waals surface area contributed by atoms with Crippen LogP contribution in [-0.2, 0) is 11.7 Å². The van der Waals surface area contributed by atoms with E-state index in [1.165, 1.54) is 12.1 Å². The number of nitrogens with one attached hydrogen (secondary N) is 2. The lowest BCUT2D eigenvalue weighted by atomic mass is 10.0. The predicted molar refractivity (Wildman–Crippen MR) is 90.0 cm³/mol. The van der Waals surface area contributed by atoms with Gasteiger partial charge in [-0.2, -0.15) is 13.2 Å². The summed E-state index contributed by atoms with van der Waals surface area (Å²) < 4.78 is 64.6. The number of alkyl halides is 5. The lowest BCUT2D eigenvalue weighted by molar-refractivity contribution is -0.137.